The van der Waals surface area contributed by atoms with Crippen molar-refractivity contribution >= 4 is 11.0 Å². The minimum Gasteiger partial charge on any atom is -0.334 e. The first-order chi connectivity index (χ1) is 11.0. The molecule has 7 nitrogen and oxygen atoms in total. The summed E-state index contributed by atoms with van der Waals surface area (Å²) >= 11 is 0. The third kappa shape index (κ3) is 2.96. The lowest BCUT2D eigenvalue weighted by Gasteiger charge is -2.07. The average molecular weight is 314 g/mol. The molecule has 0 aromatic carbocycles. The first-order valence-electron chi connectivity index (χ1n) is 7.84. The Bertz CT molecular complexity index is 819. The van der Waals surface area contributed by atoms with Gasteiger partial charge in [0.1, 0.15) is 0 Å². The summed E-state index contributed by atoms with van der Waals surface area (Å²) in [5.41, 5.74) is 2.60. The Morgan fingerprint density at radius 3 is 2.74 bits per heavy atom. The standard InChI is InChI=1S/C16H22N6O/c1-9(2)22-15-12(8-18-22)7-13(11(4)19-15)16-20-14(21-23-16)6-10(3)17-5/h7-10,17H,6H2,1-5H3. The van der Waals surface area contributed by atoms with Gasteiger partial charge in [-0.1, -0.05) is 5.16 Å². The fourth-order valence-corrected chi connectivity index (χ4v) is 2.48. The monoisotopic (exact) mass is 314 g/mol. The van der Waals surface area contributed by atoms with Crippen LogP contribution in [0.4, 0.5) is 0 Å². The maximum absolute atomic E-state index is 5.42. The quantitative estimate of drug-likeness (QED) is 0.779. The lowest BCUT2D eigenvalue weighted by molar-refractivity contribution is 0.418. The number of pyridine rings is 1. The lowest BCUT2D eigenvalue weighted by atomic mass is 10.1. The van der Waals surface area contributed by atoms with Crippen molar-refractivity contribution in [2.45, 2.75) is 46.2 Å². The second kappa shape index (κ2) is 6.08. The first kappa shape index (κ1) is 15.6. The maximum Gasteiger partial charge on any atom is 0.259 e. The summed E-state index contributed by atoms with van der Waals surface area (Å²) in [5.74, 6) is 1.20. The van der Waals surface area contributed by atoms with E-state index >= 15 is 0 Å². The van der Waals surface area contributed by atoms with Crippen LogP contribution in [0.5, 0.6) is 0 Å². The Kier molecular flexibility index (Phi) is 4.12. The SMILES string of the molecule is CNC(C)Cc1noc(-c2cc3cnn(C(C)C)c3nc2C)n1. The van der Waals surface area contributed by atoms with Crippen molar-refractivity contribution < 1.29 is 4.52 Å². The molecule has 1 N–H and O–H groups in total. The van der Waals surface area contributed by atoms with Crippen molar-refractivity contribution in [1.29, 1.82) is 0 Å². The fourth-order valence-electron chi connectivity index (χ4n) is 2.48. The van der Waals surface area contributed by atoms with Crippen LogP contribution in [-0.2, 0) is 6.42 Å². The molecule has 0 spiro atoms. The molecule has 3 aromatic rings. The number of hydrogen-bond donors (Lipinski definition) is 1. The summed E-state index contributed by atoms with van der Waals surface area (Å²) < 4.78 is 7.34. The Balaban J connectivity index is 1.98. The topological polar surface area (TPSA) is 81.7 Å². The van der Waals surface area contributed by atoms with E-state index in [0.29, 0.717) is 17.8 Å². The highest BCUT2D eigenvalue weighted by molar-refractivity contribution is 5.80. The van der Waals surface area contributed by atoms with Gasteiger partial charge in [0, 0.05) is 23.9 Å². The van der Waals surface area contributed by atoms with E-state index in [-0.39, 0.29) is 6.04 Å². The average Bonchev–Trinajstić information content (AvgIpc) is 3.12. The summed E-state index contributed by atoms with van der Waals surface area (Å²) in [4.78, 5) is 9.17. The number of nitrogens with one attached hydrogen (secondary N) is 1. The molecule has 7 heteroatoms. The Morgan fingerprint density at radius 2 is 2.04 bits per heavy atom. The zero-order valence-electron chi connectivity index (χ0n) is 14.2. The van der Waals surface area contributed by atoms with Gasteiger partial charge in [-0.3, -0.25) is 0 Å². The van der Waals surface area contributed by atoms with Crippen LogP contribution >= 0.6 is 0 Å². The summed E-state index contributed by atoms with van der Waals surface area (Å²) in [5, 5.41) is 12.6. The van der Waals surface area contributed by atoms with Crippen LogP contribution in [0.25, 0.3) is 22.5 Å². The van der Waals surface area contributed by atoms with Gasteiger partial charge in [0.15, 0.2) is 11.5 Å². The van der Waals surface area contributed by atoms with Crippen LogP contribution in [0.1, 0.15) is 38.3 Å². The molecule has 0 aliphatic carbocycles. The molecular weight excluding hydrogens is 292 g/mol. The number of nitrogens with zero attached hydrogens (tertiary/aromatic N) is 5. The van der Waals surface area contributed by atoms with E-state index in [1.807, 2.05) is 30.9 Å². The van der Waals surface area contributed by atoms with E-state index in [9.17, 15) is 0 Å². The molecule has 0 amide bonds. The molecule has 23 heavy (non-hydrogen) atoms. The van der Waals surface area contributed by atoms with Crippen molar-refractivity contribution in [3.05, 3.63) is 23.8 Å². The highest BCUT2D eigenvalue weighted by Gasteiger charge is 2.16. The molecule has 0 saturated heterocycles. The van der Waals surface area contributed by atoms with E-state index < -0.39 is 0 Å². The maximum atomic E-state index is 5.42. The van der Waals surface area contributed by atoms with Gasteiger partial charge in [0.05, 0.1) is 17.5 Å². The van der Waals surface area contributed by atoms with Crippen LogP contribution in [-0.4, -0.2) is 38.0 Å². The summed E-state index contributed by atoms with van der Waals surface area (Å²) in [6.07, 6.45) is 2.55. The van der Waals surface area contributed by atoms with Gasteiger partial charge in [-0.2, -0.15) is 10.1 Å². The number of aryl methyl sites for hydroxylation is 1. The minimum atomic E-state index is 0.267. The van der Waals surface area contributed by atoms with Crippen LogP contribution in [0.15, 0.2) is 16.8 Å². The fraction of sp³-hybridized carbons (Fsp3) is 0.500. The third-order valence-electron chi connectivity index (χ3n) is 3.93. The number of rotatable bonds is 5. The van der Waals surface area contributed by atoms with Crippen molar-refractivity contribution in [3.8, 4) is 11.5 Å². The van der Waals surface area contributed by atoms with Gasteiger partial charge in [-0.25, -0.2) is 9.67 Å². The van der Waals surface area contributed by atoms with Crippen LogP contribution in [0, 0.1) is 6.92 Å². The molecule has 0 bridgehead atoms. The molecule has 3 heterocycles. The van der Waals surface area contributed by atoms with E-state index in [1.54, 1.807) is 0 Å². The minimum absolute atomic E-state index is 0.267. The molecule has 0 aliphatic rings. The number of likely N-dealkylation sites (N-methyl/N-ethyl adjacent to an activating group) is 1. The molecule has 0 aliphatic heterocycles. The number of hydrogen-bond acceptors (Lipinski definition) is 6. The van der Waals surface area contributed by atoms with Gasteiger partial charge in [-0.15, -0.1) is 0 Å². The number of fused-ring (bicyclic) bond motifs is 1. The van der Waals surface area contributed by atoms with Crippen molar-refractivity contribution in [3.63, 3.8) is 0 Å². The van der Waals surface area contributed by atoms with Gasteiger partial charge >= 0.3 is 0 Å². The molecule has 0 radical (unpaired) electrons. The van der Waals surface area contributed by atoms with Crippen molar-refractivity contribution in [1.82, 2.24) is 30.2 Å². The number of aromatic nitrogens is 5. The van der Waals surface area contributed by atoms with E-state index in [2.05, 4.69) is 46.3 Å². The molecule has 0 fully saturated rings. The normalized spacial score (nSPS) is 13.1. The smallest absolute Gasteiger partial charge is 0.259 e. The highest BCUT2D eigenvalue weighted by Crippen LogP contribution is 2.26. The lowest BCUT2D eigenvalue weighted by Crippen LogP contribution is -2.24. The Labute approximate surface area is 135 Å². The van der Waals surface area contributed by atoms with Gasteiger partial charge in [0.2, 0.25) is 0 Å². The predicted octanol–water partition coefficient (Wildman–Crippen LogP) is 2.52. The molecule has 1 atom stereocenters. The summed E-state index contributed by atoms with van der Waals surface area (Å²) in [6, 6.07) is 2.58. The second-order valence-corrected chi connectivity index (χ2v) is 6.13. The van der Waals surface area contributed by atoms with E-state index in [4.69, 9.17) is 4.52 Å². The van der Waals surface area contributed by atoms with Crippen molar-refractivity contribution in [2.75, 3.05) is 7.05 Å². The zero-order chi connectivity index (χ0) is 16.6. The van der Waals surface area contributed by atoms with Gasteiger partial charge in [-0.05, 0) is 40.8 Å². The summed E-state index contributed by atoms with van der Waals surface area (Å²) in [6.45, 7) is 8.21. The van der Waals surface area contributed by atoms with Crippen LogP contribution < -0.4 is 5.32 Å². The van der Waals surface area contributed by atoms with Crippen LogP contribution in [0.2, 0.25) is 0 Å². The van der Waals surface area contributed by atoms with Gasteiger partial charge in [0.25, 0.3) is 5.89 Å². The molecule has 0 saturated carbocycles. The second-order valence-electron chi connectivity index (χ2n) is 6.13. The largest absolute Gasteiger partial charge is 0.334 e. The first-order valence-corrected chi connectivity index (χ1v) is 7.84. The third-order valence-corrected chi connectivity index (χ3v) is 3.93. The van der Waals surface area contributed by atoms with Crippen LogP contribution in [0.3, 0.4) is 0 Å². The molecule has 3 rings (SSSR count). The predicted molar refractivity (Wildman–Crippen MR) is 88.2 cm³/mol. The highest BCUT2D eigenvalue weighted by atomic mass is 16.5. The van der Waals surface area contributed by atoms with E-state index in [0.717, 1.165) is 28.7 Å². The Morgan fingerprint density at radius 1 is 1.26 bits per heavy atom. The molecule has 122 valence electrons. The molecular formula is C16H22N6O. The molecule has 1 unspecified atom stereocenters. The Hall–Kier alpha value is -2.28. The molecule has 3 aromatic heterocycles. The zero-order valence-corrected chi connectivity index (χ0v) is 14.2. The van der Waals surface area contributed by atoms with Gasteiger partial charge < -0.3 is 9.84 Å². The van der Waals surface area contributed by atoms with E-state index in [1.165, 1.54) is 0 Å². The van der Waals surface area contributed by atoms with Crippen molar-refractivity contribution in [2.24, 2.45) is 0 Å². The summed E-state index contributed by atoms with van der Waals surface area (Å²) in [7, 11) is 1.92.